The maximum Gasteiger partial charge on any atom is 0.132 e. The zero-order chi connectivity index (χ0) is 8.97. The third-order valence-electron chi connectivity index (χ3n) is 1.60. The van der Waals surface area contributed by atoms with Crippen LogP contribution in [0.3, 0.4) is 0 Å². The number of hydrogen-bond acceptors (Lipinski definition) is 3. The Morgan fingerprint density at radius 3 is 3.00 bits per heavy atom. The lowest BCUT2D eigenvalue weighted by molar-refractivity contribution is 0.782. The first-order valence-electron chi connectivity index (χ1n) is 3.83. The van der Waals surface area contributed by atoms with Gasteiger partial charge in [0.2, 0.25) is 0 Å². The van der Waals surface area contributed by atoms with E-state index in [1.54, 1.807) is 0 Å². The summed E-state index contributed by atoms with van der Waals surface area (Å²) in [5, 5.41) is 8.72. The van der Waals surface area contributed by atoms with Crippen LogP contribution in [0.2, 0.25) is 4.34 Å². The molecule has 12 heavy (non-hydrogen) atoms. The molecule has 1 aromatic heterocycles. The minimum Gasteiger partial charge on any atom is -0.195 e. The lowest BCUT2D eigenvalue weighted by Gasteiger charge is -1.92. The molecule has 0 saturated heterocycles. The molecule has 0 radical (unpaired) electrons. The van der Waals surface area contributed by atoms with Crippen molar-refractivity contribution in [2.24, 2.45) is 0 Å². The molecule has 2 nitrogen and oxygen atoms in total. The average molecular weight is 201 g/mol. The van der Waals surface area contributed by atoms with Gasteiger partial charge in [0.15, 0.2) is 0 Å². The lowest BCUT2D eigenvalue weighted by Crippen LogP contribution is -1.87. The van der Waals surface area contributed by atoms with Crippen LogP contribution < -0.4 is 0 Å². The van der Waals surface area contributed by atoms with Crippen LogP contribution in [-0.2, 0) is 6.42 Å². The second kappa shape index (κ2) is 4.44. The first-order chi connectivity index (χ1) is 5.79. The fraction of sp³-hybridized carbons (Fsp3) is 0.500. The van der Waals surface area contributed by atoms with Gasteiger partial charge in [-0.15, -0.1) is 0 Å². The van der Waals surface area contributed by atoms with Crippen molar-refractivity contribution >= 4 is 23.1 Å². The quantitative estimate of drug-likeness (QED) is 0.752. The van der Waals surface area contributed by atoms with Crippen LogP contribution in [0.1, 0.15) is 31.0 Å². The van der Waals surface area contributed by atoms with E-state index in [1.165, 1.54) is 11.5 Å². The molecular formula is C8H9ClN2S. The van der Waals surface area contributed by atoms with Gasteiger partial charge in [-0.2, -0.15) is 9.64 Å². The molecule has 0 unspecified atom stereocenters. The van der Waals surface area contributed by atoms with Gasteiger partial charge in [-0.25, -0.2) is 0 Å². The van der Waals surface area contributed by atoms with E-state index in [1.807, 2.05) is 0 Å². The third kappa shape index (κ3) is 1.96. The predicted molar refractivity (Wildman–Crippen MR) is 50.5 cm³/mol. The van der Waals surface area contributed by atoms with E-state index in [-0.39, 0.29) is 0 Å². The van der Waals surface area contributed by atoms with Crippen LogP contribution >= 0.6 is 23.1 Å². The Kier molecular flexibility index (Phi) is 3.51. The molecule has 0 aliphatic heterocycles. The highest BCUT2D eigenvalue weighted by Gasteiger charge is 2.10. The van der Waals surface area contributed by atoms with Gasteiger partial charge >= 0.3 is 0 Å². The fourth-order valence-corrected chi connectivity index (χ4v) is 1.81. The molecule has 0 aliphatic rings. The minimum absolute atomic E-state index is 0.517. The number of rotatable bonds is 3. The fourth-order valence-electron chi connectivity index (χ4n) is 0.923. The lowest BCUT2D eigenvalue weighted by atomic mass is 10.1. The van der Waals surface area contributed by atoms with E-state index >= 15 is 0 Å². The van der Waals surface area contributed by atoms with Gasteiger partial charge in [-0.1, -0.05) is 24.9 Å². The Balaban J connectivity index is 2.79. The summed E-state index contributed by atoms with van der Waals surface area (Å²) in [6, 6.07) is 2.07. The molecule has 4 heteroatoms. The summed E-state index contributed by atoms with van der Waals surface area (Å²) in [6.45, 7) is 2.11. The number of aryl methyl sites for hydroxylation is 1. The molecule has 0 fully saturated rings. The molecule has 0 saturated carbocycles. The Bertz CT molecular complexity index is 300. The van der Waals surface area contributed by atoms with Crippen LogP contribution in [0, 0.1) is 11.3 Å². The van der Waals surface area contributed by atoms with Crippen LogP contribution in [0.15, 0.2) is 0 Å². The zero-order valence-electron chi connectivity index (χ0n) is 6.80. The van der Waals surface area contributed by atoms with Crippen molar-refractivity contribution in [2.45, 2.75) is 26.2 Å². The maximum absolute atomic E-state index is 8.72. The van der Waals surface area contributed by atoms with Gasteiger partial charge in [0.05, 0.1) is 5.69 Å². The molecule has 0 aromatic carbocycles. The molecular weight excluding hydrogens is 192 g/mol. The molecule has 1 aromatic rings. The highest BCUT2D eigenvalue weighted by Crippen LogP contribution is 2.24. The highest BCUT2D eigenvalue weighted by molar-refractivity contribution is 7.10. The average Bonchev–Trinajstić information content (AvgIpc) is 2.43. The molecule has 0 aliphatic carbocycles. The maximum atomic E-state index is 8.72. The minimum atomic E-state index is 0.517. The summed E-state index contributed by atoms with van der Waals surface area (Å²) in [5.41, 5.74) is 1.42. The molecule has 64 valence electrons. The zero-order valence-corrected chi connectivity index (χ0v) is 8.37. The summed E-state index contributed by atoms with van der Waals surface area (Å²) in [4.78, 5) is 0. The van der Waals surface area contributed by atoms with Gasteiger partial charge in [0, 0.05) is 0 Å². The predicted octanol–water partition coefficient (Wildman–Crippen LogP) is 3.01. The summed E-state index contributed by atoms with van der Waals surface area (Å²) in [6.07, 6.45) is 3.04. The summed E-state index contributed by atoms with van der Waals surface area (Å²) < 4.78 is 4.63. The molecule has 1 rings (SSSR count). The largest absolute Gasteiger partial charge is 0.195 e. The van der Waals surface area contributed by atoms with E-state index in [4.69, 9.17) is 16.9 Å². The summed E-state index contributed by atoms with van der Waals surface area (Å²) in [5.74, 6) is 0. The number of nitriles is 1. The van der Waals surface area contributed by atoms with E-state index in [0.717, 1.165) is 25.0 Å². The van der Waals surface area contributed by atoms with Crippen molar-refractivity contribution in [3.05, 3.63) is 15.6 Å². The number of halogens is 1. The Morgan fingerprint density at radius 1 is 1.67 bits per heavy atom. The molecule has 0 bridgehead atoms. The second-order valence-electron chi connectivity index (χ2n) is 2.49. The summed E-state index contributed by atoms with van der Waals surface area (Å²) >= 11 is 6.96. The molecule has 1 heterocycles. The number of unbranched alkanes of at least 4 members (excludes halogenated alkanes) is 1. The SMILES string of the molecule is CCCCc1nsc(Cl)c1C#N. The molecule has 0 N–H and O–H groups in total. The highest BCUT2D eigenvalue weighted by atomic mass is 35.5. The second-order valence-corrected chi connectivity index (χ2v) is 3.87. The topological polar surface area (TPSA) is 36.7 Å². The monoisotopic (exact) mass is 200 g/mol. The van der Waals surface area contributed by atoms with E-state index < -0.39 is 0 Å². The van der Waals surface area contributed by atoms with Crippen LogP contribution in [0.25, 0.3) is 0 Å². The first-order valence-corrected chi connectivity index (χ1v) is 4.98. The van der Waals surface area contributed by atoms with Crippen molar-refractivity contribution in [3.63, 3.8) is 0 Å². The number of hydrogen-bond donors (Lipinski definition) is 0. The van der Waals surface area contributed by atoms with Gasteiger partial charge < -0.3 is 0 Å². The van der Waals surface area contributed by atoms with E-state index in [2.05, 4.69) is 17.4 Å². The molecule has 0 spiro atoms. The number of nitrogens with zero attached hydrogens (tertiary/aromatic N) is 2. The Hall–Kier alpha value is -0.590. The van der Waals surface area contributed by atoms with Crippen molar-refractivity contribution in [1.82, 2.24) is 4.37 Å². The smallest absolute Gasteiger partial charge is 0.132 e. The Morgan fingerprint density at radius 2 is 2.42 bits per heavy atom. The van der Waals surface area contributed by atoms with Crippen molar-refractivity contribution in [2.75, 3.05) is 0 Å². The van der Waals surface area contributed by atoms with Crippen LogP contribution in [0.5, 0.6) is 0 Å². The van der Waals surface area contributed by atoms with Crippen LogP contribution in [0.4, 0.5) is 0 Å². The normalized spacial score (nSPS) is 9.75. The van der Waals surface area contributed by atoms with Crippen molar-refractivity contribution in [1.29, 1.82) is 5.26 Å². The van der Waals surface area contributed by atoms with E-state index in [0.29, 0.717) is 9.90 Å². The van der Waals surface area contributed by atoms with Gasteiger partial charge in [0.1, 0.15) is 16.0 Å². The van der Waals surface area contributed by atoms with E-state index in [9.17, 15) is 0 Å². The van der Waals surface area contributed by atoms with Crippen molar-refractivity contribution < 1.29 is 0 Å². The van der Waals surface area contributed by atoms with Gasteiger partial charge in [0.25, 0.3) is 0 Å². The standard InChI is InChI=1S/C8H9ClN2S/c1-2-3-4-7-6(5-10)8(9)12-11-7/h2-4H2,1H3. The van der Waals surface area contributed by atoms with Crippen LogP contribution in [-0.4, -0.2) is 4.37 Å². The Labute approximate surface area is 81.0 Å². The van der Waals surface area contributed by atoms with Gasteiger partial charge in [-0.05, 0) is 24.4 Å². The summed E-state index contributed by atoms with van der Waals surface area (Å²) in [7, 11) is 0. The third-order valence-corrected chi connectivity index (χ3v) is 2.67. The van der Waals surface area contributed by atoms with Crippen molar-refractivity contribution in [3.8, 4) is 6.07 Å². The first kappa shape index (κ1) is 9.50. The van der Waals surface area contributed by atoms with Gasteiger partial charge in [-0.3, -0.25) is 0 Å². The molecule has 0 atom stereocenters. The number of aromatic nitrogens is 1. The molecule has 0 amide bonds.